The van der Waals surface area contributed by atoms with Crippen molar-refractivity contribution in [3.63, 3.8) is 0 Å². The van der Waals surface area contributed by atoms with E-state index in [-0.39, 0.29) is 0 Å². The molecule has 2 atom stereocenters. The van der Waals surface area contributed by atoms with E-state index in [1.165, 1.54) is 6.92 Å². The van der Waals surface area contributed by atoms with Gasteiger partial charge in [0.15, 0.2) is 0 Å². The van der Waals surface area contributed by atoms with Gasteiger partial charge in [0.2, 0.25) is 6.04 Å². The first kappa shape index (κ1) is 12.1. The highest BCUT2D eigenvalue weighted by Gasteiger charge is 2.24. The van der Waals surface area contributed by atoms with Crippen LogP contribution in [0.3, 0.4) is 0 Å². The Kier molecular flexibility index (Phi) is 4.23. The van der Waals surface area contributed by atoms with E-state index < -0.39 is 17.1 Å². The second-order valence-corrected chi connectivity index (χ2v) is 4.34. The Hall–Kier alpha value is -0.940. The van der Waals surface area contributed by atoms with Gasteiger partial charge in [-0.3, -0.25) is 10.1 Å². The standard InChI is InChI=1S/C10H12BrNO3/c1-7(12(14)15)10(13)6-8-3-2-4-9(11)5-8/h2-5,7,10,13H,6H2,1H3. The molecule has 1 N–H and O–H groups in total. The highest BCUT2D eigenvalue weighted by Crippen LogP contribution is 2.14. The summed E-state index contributed by atoms with van der Waals surface area (Å²) >= 11 is 3.30. The van der Waals surface area contributed by atoms with E-state index in [0.29, 0.717) is 6.42 Å². The lowest BCUT2D eigenvalue weighted by molar-refractivity contribution is -0.529. The van der Waals surface area contributed by atoms with E-state index in [4.69, 9.17) is 0 Å². The molecule has 0 heterocycles. The number of hydrogen-bond donors (Lipinski definition) is 1. The second-order valence-electron chi connectivity index (χ2n) is 3.43. The monoisotopic (exact) mass is 273 g/mol. The molecular weight excluding hydrogens is 262 g/mol. The molecule has 0 aromatic heterocycles. The molecule has 1 aromatic carbocycles. The molecule has 82 valence electrons. The molecule has 0 radical (unpaired) electrons. The number of nitro groups is 1. The highest BCUT2D eigenvalue weighted by atomic mass is 79.9. The molecule has 2 unspecified atom stereocenters. The molecule has 15 heavy (non-hydrogen) atoms. The molecule has 0 amide bonds. The largest absolute Gasteiger partial charge is 0.386 e. The van der Waals surface area contributed by atoms with Crippen LogP contribution >= 0.6 is 15.9 Å². The first-order chi connectivity index (χ1) is 7.00. The zero-order chi connectivity index (χ0) is 11.4. The Morgan fingerprint density at radius 2 is 2.27 bits per heavy atom. The quantitative estimate of drug-likeness (QED) is 0.674. The topological polar surface area (TPSA) is 63.4 Å². The summed E-state index contributed by atoms with van der Waals surface area (Å²) in [5.41, 5.74) is 0.880. The van der Waals surface area contributed by atoms with E-state index >= 15 is 0 Å². The molecule has 0 fully saturated rings. The molecule has 1 aromatic rings. The zero-order valence-electron chi connectivity index (χ0n) is 8.26. The van der Waals surface area contributed by atoms with Crippen molar-refractivity contribution >= 4 is 15.9 Å². The van der Waals surface area contributed by atoms with Gasteiger partial charge in [0.05, 0.1) is 0 Å². The van der Waals surface area contributed by atoms with Crippen LogP contribution in [-0.4, -0.2) is 22.2 Å². The van der Waals surface area contributed by atoms with Crippen molar-refractivity contribution < 1.29 is 10.0 Å². The molecule has 0 aliphatic heterocycles. The number of rotatable bonds is 4. The van der Waals surface area contributed by atoms with Crippen molar-refractivity contribution in [2.45, 2.75) is 25.5 Å². The Labute approximate surface area is 96.2 Å². The minimum atomic E-state index is -0.950. The van der Waals surface area contributed by atoms with Gasteiger partial charge in [0.1, 0.15) is 6.10 Å². The van der Waals surface area contributed by atoms with Gasteiger partial charge in [-0.25, -0.2) is 0 Å². The fourth-order valence-corrected chi connectivity index (χ4v) is 1.66. The van der Waals surface area contributed by atoms with Gasteiger partial charge in [0.25, 0.3) is 0 Å². The fraction of sp³-hybridized carbons (Fsp3) is 0.400. The first-order valence-corrected chi connectivity index (χ1v) is 5.36. The van der Waals surface area contributed by atoms with E-state index in [0.717, 1.165) is 10.0 Å². The summed E-state index contributed by atoms with van der Waals surface area (Å²) in [5, 5.41) is 20.0. The minimum Gasteiger partial charge on any atom is -0.386 e. The molecule has 0 aliphatic rings. The average Bonchev–Trinajstić information content (AvgIpc) is 2.16. The van der Waals surface area contributed by atoms with Gasteiger partial charge in [0, 0.05) is 22.7 Å². The van der Waals surface area contributed by atoms with Crippen molar-refractivity contribution in [3.8, 4) is 0 Å². The van der Waals surface area contributed by atoms with Crippen LogP contribution in [0.15, 0.2) is 28.7 Å². The van der Waals surface area contributed by atoms with Gasteiger partial charge in [-0.2, -0.15) is 0 Å². The van der Waals surface area contributed by atoms with Gasteiger partial charge in [-0.05, 0) is 17.7 Å². The van der Waals surface area contributed by atoms with Gasteiger partial charge < -0.3 is 5.11 Å². The summed E-state index contributed by atoms with van der Waals surface area (Å²) < 4.78 is 0.904. The van der Waals surface area contributed by atoms with Crippen molar-refractivity contribution in [1.29, 1.82) is 0 Å². The number of halogens is 1. The summed E-state index contributed by atoms with van der Waals surface area (Å²) in [4.78, 5) is 9.96. The molecular formula is C10H12BrNO3. The summed E-state index contributed by atoms with van der Waals surface area (Å²) in [6.07, 6.45) is -0.656. The minimum absolute atomic E-state index is 0.293. The van der Waals surface area contributed by atoms with Crippen molar-refractivity contribution in [2.24, 2.45) is 0 Å². The van der Waals surface area contributed by atoms with Crippen molar-refractivity contribution in [3.05, 3.63) is 44.4 Å². The lowest BCUT2D eigenvalue weighted by atomic mass is 10.0. The zero-order valence-corrected chi connectivity index (χ0v) is 9.85. The molecule has 1 rings (SSSR count). The number of aliphatic hydroxyl groups excluding tert-OH is 1. The van der Waals surface area contributed by atoms with Gasteiger partial charge in [-0.1, -0.05) is 28.1 Å². The van der Waals surface area contributed by atoms with Crippen LogP contribution in [0.1, 0.15) is 12.5 Å². The molecule has 0 saturated heterocycles. The Balaban J connectivity index is 2.66. The summed E-state index contributed by atoms with van der Waals surface area (Å²) in [5.74, 6) is 0. The van der Waals surface area contributed by atoms with Crippen molar-refractivity contribution in [1.82, 2.24) is 0 Å². The fourth-order valence-electron chi connectivity index (χ4n) is 1.22. The normalized spacial score (nSPS) is 14.6. The predicted octanol–water partition coefficient (Wildman–Crippen LogP) is 2.02. The smallest absolute Gasteiger partial charge is 0.236 e. The predicted molar refractivity (Wildman–Crippen MR) is 60.3 cm³/mol. The average molecular weight is 274 g/mol. The van der Waals surface area contributed by atoms with Crippen LogP contribution in [0.2, 0.25) is 0 Å². The molecule has 0 saturated carbocycles. The van der Waals surface area contributed by atoms with Crippen LogP contribution in [0, 0.1) is 10.1 Å². The lowest BCUT2D eigenvalue weighted by Gasteiger charge is -2.12. The molecule has 4 nitrogen and oxygen atoms in total. The maximum Gasteiger partial charge on any atom is 0.236 e. The van der Waals surface area contributed by atoms with Crippen molar-refractivity contribution in [2.75, 3.05) is 0 Å². The summed E-state index contributed by atoms with van der Waals surface area (Å²) in [6.45, 7) is 1.41. The maximum atomic E-state index is 10.4. The lowest BCUT2D eigenvalue weighted by Crippen LogP contribution is -2.32. The third-order valence-corrected chi connectivity index (χ3v) is 2.72. The molecule has 0 spiro atoms. The Morgan fingerprint density at radius 3 is 2.80 bits per heavy atom. The third-order valence-electron chi connectivity index (χ3n) is 2.22. The SMILES string of the molecule is CC(C(O)Cc1cccc(Br)c1)[N+](=O)[O-]. The van der Waals surface area contributed by atoms with Crippen LogP contribution in [0.5, 0.6) is 0 Å². The molecule has 5 heteroatoms. The van der Waals surface area contributed by atoms with Crippen LogP contribution in [-0.2, 0) is 6.42 Å². The van der Waals surface area contributed by atoms with Gasteiger partial charge in [-0.15, -0.1) is 0 Å². The van der Waals surface area contributed by atoms with Crippen LogP contribution in [0.4, 0.5) is 0 Å². The number of hydrogen-bond acceptors (Lipinski definition) is 3. The van der Waals surface area contributed by atoms with Crippen LogP contribution < -0.4 is 0 Å². The highest BCUT2D eigenvalue weighted by molar-refractivity contribution is 9.10. The number of benzene rings is 1. The number of aliphatic hydroxyl groups is 1. The summed E-state index contributed by atoms with van der Waals surface area (Å²) in [7, 11) is 0. The van der Waals surface area contributed by atoms with Gasteiger partial charge >= 0.3 is 0 Å². The molecule has 0 bridgehead atoms. The van der Waals surface area contributed by atoms with E-state index in [1.807, 2.05) is 24.3 Å². The van der Waals surface area contributed by atoms with E-state index in [2.05, 4.69) is 15.9 Å². The maximum absolute atomic E-state index is 10.4. The van der Waals surface area contributed by atoms with Crippen LogP contribution in [0.25, 0.3) is 0 Å². The molecule has 0 aliphatic carbocycles. The second kappa shape index (κ2) is 5.23. The Bertz CT molecular complexity index is 356. The van der Waals surface area contributed by atoms with E-state index in [1.54, 1.807) is 0 Å². The Morgan fingerprint density at radius 1 is 1.60 bits per heavy atom. The van der Waals surface area contributed by atoms with E-state index in [9.17, 15) is 15.2 Å². The third kappa shape index (κ3) is 3.60. The first-order valence-electron chi connectivity index (χ1n) is 4.56. The number of nitrogens with zero attached hydrogens (tertiary/aromatic N) is 1. The summed E-state index contributed by atoms with van der Waals surface area (Å²) in [6, 6.07) is 6.44.